The van der Waals surface area contributed by atoms with E-state index in [4.69, 9.17) is 17.3 Å². The predicted octanol–water partition coefficient (Wildman–Crippen LogP) is 2.37. The van der Waals surface area contributed by atoms with E-state index in [2.05, 4.69) is 12.2 Å². The maximum absolute atomic E-state index is 11.6. The molecular weight excluding hydrogens is 248 g/mol. The fourth-order valence-electron chi connectivity index (χ4n) is 1.77. The number of rotatable bonds is 7. The Kier molecular flexibility index (Phi) is 6.76. The lowest BCUT2D eigenvalue weighted by molar-refractivity contribution is -0.121. The summed E-state index contributed by atoms with van der Waals surface area (Å²) in [6.45, 7) is 3.26. The molecule has 0 aliphatic rings. The number of nitrogens with one attached hydrogen (secondary N) is 1. The highest BCUT2D eigenvalue weighted by Crippen LogP contribution is 2.10. The molecule has 1 aromatic carbocycles. The predicted molar refractivity (Wildman–Crippen MR) is 75.6 cm³/mol. The summed E-state index contributed by atoms with van der Waals surface area (Å²) in [6, 6.07) is 7.69. The van der Waals surface area contributed by atoms with Crippen molar-refractivity contribution < 1.29 is 4.79 Å². The van der Waals surface area contributed by atoms with E-state index in [0.29, 0.717) is 19.5 Å². The molecule has 3 N–H and O–H groups in total. The first-order valence-electron chi connectivity index (χ1n) is 6.37. The fraction of sp³-hybridized carbons (Fsp3) is 0.500. The minimum atomic E-state index is 0.0781. The zero-order valence-corrected chi connectivity index (χ0v) is 11.5. The summed E-state index contributed by atoms with van der Waals surface area (Å²) < 4.78 is 0. The zero-order valence-electron chi connectivity index (χ0n) is 10.8. The molecule has 1 aromatic rings. The third-order valence-corrected chi connectivity index (χ3v) is 3.24. The lowest BCUT2D eigenvalue weighted by Crippen LogP contribution is -2.29. The first-order chi connectivity index (χ1) is 8.65. The van der Waals surface area contributed by atoms with Gasteiger partial charge in [0.15, 0.2) is 0 Å². The van der Waals surface area contributed by atoms with E-state index in [1.165, 1.54) is 0 Å². The Bertz CT molecular complexity index is 378. The number of carbonyl (C=O) groups is 1. The Morgan fingerprint density at radius 2 is 2.28 bits per heavy atom. The van der Waals surface area contributed by atoms with E-state index in [1.54, 1.807) is 0 Å². The zero-order chi connectivity index (χ0) is 13.4. The Balaban J connectivity index is 2.27. The molecule has 0 saturated heterocycles. The summed E-state index contributed by atoms with van der Waals surface area (Å²) in [7, 11) is 0. The summed E-state index contributed by atoms with van der Waals surface area (Å²) >= 11 is 5.89. The lowest BCUT2D eigenvalue weighted by Gasteiger charge is -2.12. The van der Waals surface area contributed by atoms with E-state index in [1.807, 2.05) is 24.3 Å². The Morgan fingerprint density at radius 1 is 1.50 bits per heavy atom. The first-order valence-corrected chi connectivity index (χ1v) is 6.74. The van der Waals surface area contributed by atoms with Gasteiger partial charge in [0, 0.05) is 18.0 Å². The van der Waals surface area contributed by atoms with Gasteiger partial charge >= 0.3 is 0 Å². The van der Waals surface area contributed by atoms with Gasteiger partial charge in [0.1, 0.15) is 0 Å². The minimum Gasteiger partial charge on any atom is -0.356 e. The van der Waals surface area contributed by atoms with Gasteiger partial charge in [-0.05, 0) is 36.6 Å². The number of amides is 1. The van der Waals surface area contributed by atoms with Crippen LogP contribution in [0.25, 0.3) is 0 Å². The largest absolute Gasteiger partial charge is 0.356 e. The monoisotopic (exact) mass is 268 g/mol. The second-order valence-electron chi connectivity index (χ2n) is 4.44. The average Bonchev–Trinajstić information content (AvgIpc) is 2.36. The maximum atomic E-state index is 11.6. The molecule has 1 unspecified atom stereocenters. The quantitative estimate of drug-likeness (QED) is 0.798. The molecule has 100 valence electrons. The van der Waals surface area contributed by atoms with E-state index >= 15 is 0 Å². The Labute approximate surface area is 114 Å². The maximum Gasteiger partial charge on any atom is 0.220 e. The van der Waals surface area contributed by atoms with Crippen molar-refractivity contribution in [2.75, 3.05) is 13.1 Å². The molecule has 0 radical (unpaired) electrons. The van der Waals surface area contributed by atoms with E-state index in [0.717, 1.165) is 23.4 Å². The molecule has 3 nitrogen and oxygen atoms in total. The molecule has 1 amide bonds. The van der Waals surface area contributed by atoms with Crippen molar-refractivity contribution in [3.63, 3.8) is 0 Å². The van der Waals surface area contributed by atoms with Gasteiger partial charge in [0.25, 0.3) is 0 Å². The molecule has 0 bridgehead atoms. The third-order valence-electron chi connectivity index (χ3n) is 3.01. The second kappa shape index (κ2) is 8.11. The highest BCUT2D eigenvalue weighted by atomic mass is 35.5. The van der Waals surface area contributed by atoms with Crippen molar-refractivity contribution in [2.45, 2.75) is 26.2 Å². The van der Waals surface area contributed by atoms with Crippen LogP contribution >= 0.6 is 11.6 Å². The highest BCUT2D eigenvalue weighted by Gasteiger charge is 2.09. The van der Waals surface area contributed by atoms with Crippen LogP contribution in [0.5, 0.6) is 0 Å². The number of hydrogen-bond acceptors (Lipinski definition) is 2. The molecule has 1 rings (SSSR count). The summed E-state index contributed by atoms with van der Waals surface area (Å²) in [6.07, 6.45) is 2.26. The van der Waals surface area contributed by atoms with Gasteiger partial charge in [0.2, 0.25) is 5.91 Å². The minimum absolute atomic E-state index is 0.0781. The van der Waals surface area contributed by atoms with Gasteiger partial charge in [-0.1, -0.05) is 37.1 Å². The van der Waals surface area contributed by atoms with Crippen molar-refractivity contribution in [1.29, 1.82) is 0 Å². The van der Waals surface area contributed by atoms with Crippen molar-refractivity contribution in [3.05, 3.63) is 34.9 Å². The normalized spacial score (nSPS) is 12.2. The molecule has 0 heterocycles. The standard InChI is InChI=1S/C14H21ClN2O/c1-2-11(10-16)9-14(18)17-7-6-12-4-3-5-13(15)8-12/h3-5,8,11H,2,6-7,9-10,16H2,1H3,(H,17,18). The van der Waals surface area contributed by atoms with Crippen LogP contribution < -0.4 is 11.1 Å². The van der Waals surface area contributed by atoms with E-state index < -0.39 is 0 Å². The van der Waals surface area contributed by atoms with Crippen LogP contribution in [0.2, 0.25) is 5.02 Å². The molecule has 0 aromatic heterocycles. The summed E-state index contributed by atoms with van der Waals surface area (Å²) in [4.78, 5) is 11.6. The van der Waals surface area contributed by atoms with Crippen molar-refractivity contribution in [2.24, 2.45) is 11.7 Å². The van der Waals surface area contributed by atoms with Gasteiger partial charge < -0.3 is 11.1 Å². The Morgan fingerprint density at radius 3 is 2.89 bits per heavy atom. The Hall–Kier alpha value is -1.06. The van der Waals surface area contributed by atoms with Crippen LogP contribution in [0.1, 0.15) is 25.3 Å². The first kappa shape index (κ1) is 15.0. The summed E-state index contributed by atoms with van der Waals surface area (Å²) in [5.74, 6) is 0.366. The van der Waals surface area contributed by atoms with Gasteiger partial charge in [-0.3, -0.25) is 4.79 Å². The fourth-order valence-corrected chi connectivity index (χ4v) is 1.98. The molecular formula is C14H21ClN2O. The van der Waals surface area contributed by atoms with E-state index in [9.17, 15) is 4.79 Å². The second-order valence-corrected chi connectivity index (χ2v) is 4.88. The molecule has 4 heteroatoms. The van der Waals surface area contributed by atoms with Crippen molar-refractivity contribution >= 4 is 17.5 Å². The van der Waals surface area contributed by atoms with Gasteiger partial charge in [0.05, 0.1) is 0 Å². The smallest absolute Gasteiger partial charge is 0.220 e. The molecule has 1 atom stereocenters. The number of nitrogens with two attached hydrogens (primary N) is 1. The number of hydrogen-bond donors (Lipinski definition) is 2. The van der Waals surface area contributed by atoms with Crippen LogP contribution in [-0.4, -0.2) is 19.0 Å². The lowest BCUT2D eigenvalue weighted by atomic mass is 10.0. The summed E-state index contributed by atoms with van der Waals surface area (Å²) in [5.41, 5.74) is 6.71. The van der Waals surface area contributed by atoms with Crippen LogP contribution in [0.4, 0.5) is 0 Å². The third kappa shape index (κ3) is 5.52. The molecule has 0 fully saturated rings. The molecule has 18 heavy (non-hydrogen) atoms. The van der Waals surface area contributed by atoms with Gasteiger partial charge in [-0.25, -0.2) is 0 Å². The topological polar surface area (TPSA) is 55.1 Å². The number of halogens is 1. The molecule has 0 aliphatic carbocycles. The number of benzene rings is 1. The van der Waals surface area contributed by atoms with Crippen molar-refractivity contribution in [1.82, 2.24) is 5.32 Å². The average molecular weight is 269 g/mol. The molecule has 0 spiro atoms. The van der Waals surface area contributed by atoms with Gasteiger partial charge in [-0.15, -0.1) is 0 Å². The number of carbonyl (C=O) groups excluding carboxylic acids is 1. The van der Waals surface area contributed by atoms with Crippen LogP contribution in [0.3, 0.4) is 0 Å². The van der Waals surface area contributed by atoms with Crippen LogP contribution in [0.15, 0.2) is 24.3 Å². The van der Waals surface area contributed by atoms with Crippen LogP contribution in [-0.2, 0) is 11.2 Å². The summed E-state index contributed by atoms with van der Waals surface area (Å²) in [5, 5.41) is 3.64. The van der Waals surface area contributed by atoms with Crippen LogP contribution in [0, 0.1) is 5.92 Å². The van der Waals surface area contributed by atoms with E-state index in [-0.39, 0.29) is 11.8 Å². The van der Waals surface area contributed by atoms with Crippen molar-refractivity contribution in [3.8, 4) is 0 Å². The SMILES string of the molecule is CCC(CN)CC(=O)NCCc1cccc(Cl)c1. The molecule has 0 saturated carbocycles. The highest BCUT2D eigenvalue weighted by molar-refractivity contribution is 6.30. The van der Waals surface area contributed by atoms with Gasteiger partial charge in [-0.2, -0.15) is 0 Å². The molecule has 0 aliphatic heterocycles.